The zero-order valence-electron chi connectivity index (χ0n) is 12.6. The van der Waals surface area contributed by atoms with Gasteiger partial charge in [0.25, 0.3) is 0 Å². The van der Waals surface area contributed by atoms with Gasteiger partial charge in [-0.2, -0.15) is 0 Å². The van der Waals surface area contributed by atoms with Gasteiger partial charge in [0.15, 0.2) is 0 Å². The second-order valence-electron chi connectivity index (χ2n) is 5.79. The first kappa shape index (κ1) is 14.2. The van der Waals surface area contributed by atoms with Crippen LogP contribution in [0.1, 0.15) is 29.5 Å². The van der Waals surface area contributed by atoms with Gasteiger partial charge in [-0.15, -0.1) is 0 Å². The molecule has 1 N–H and O–H groups in total. The maximum atomic E-state index is 5.34. The molecule has 0 heterocycles. The molecule has 0 bridgehead atoms. The Labute approximate surface area is 127 Å². The molecule has 0 fully saturated rings. The van der Waals surface area contributed by atoms with E-state index >= 15 is 0 Å². The lowest BCUT2D eigenvalue weighted by atomic mass is 10.0. The Hall–Kier alpha value is -1.80. The molecule has 2 aromatic rings. The van der Waals surface area contributed by atoms with Crippen molar-refractivity contribution >= 4 is 0 Å². The topological polar surface area (TPSA) is 21.3 Å². The van der Waals surface area contributed by atoms with E-state index in [-0.39, 0.29) is 0 Å². The summed E-state index contributed by atoms with van der Waals surface area (Å²) in [5, 5.41) is 3.72. The minimum Gasteiger partial charge on any atom is -0.497 e. The van der Waals surface area contributed by atoms with Crippen molar-refractivity contribution in [1.29, 1.82) is 0 Å². The molecule has 2 aromatic carbocycles. The molecule has 1 aliphatic rings. The number of methoxy groups -OCH3 is 1. The molecular formula is C19H23NO. The van der Waals surface area contributed by atoms with Gasteiger partial charge in [0.05, 0.1) is 7.11 Å². The molecule has 110 valence electrons. The molecule has 0 spiro atoms. The van der Waals surface area contributed by atoms with Gasteiger partial charge in [-0.05, 0) is 54.5 Å². The zero-order chi connectivity index (χ0) is 14.5. The fourth-order valence-corrected chi connectivity index (χ4v) is 3.10. The largest absolute Gasteiger partial charge is 0.497 e. The summed E-state index contributed by atoms with van der Waals surface area (Å²) in [6.07, 6.45) is 4.76. The first-order chi connectivity index (χ1) is 10.3. The smallest absolute Gasteiger partial charge is 0.119 e. The van der Waals surface area contributed by atoms with Gasteiger partial charge < -0.3 is 10.1 Å². The Kier molecular flexibility index (Phi) is 4.56. The van der Waals surface area contributed by atoms with Crippen molar-refractivity contribution < 1.29 is 4.74 Å². The van der Waals surface area contributed by atoms with E-state index in [9.17, 15) is 0 Å². The summed E-state index contributed by atoms with van der Waals surface area (Å²) in [6, 6.07) is 17.7. The van der Waals surface area contributed by atoms with Crippen LogP contribution in [-0.4, -0.2) is 13.2 Å². The third-order valence-electron chi connectivity index (χ3n) is 4.32. The van der Waals surface area contributed by atoms with Crippen LogP contribution in [0.4, 0.5) is 0 Å². The third-order valence-corrected chi connectivity index (χ3v) is 4.32. The molecule has 0 saturated heterocycles. The average molecular weight is 281 g/mol. The molecule has 2 heteroatoms. The van der Waals surface area contributed by atoms with E-state index in [2.05, 4.69) is 53.8 Å². The highest BCUT2D eigenvalue weighted by molar-refractivity contribution is 5.37. The van der Waals surface area contributed by atoms with Crippen LogP contribution >= 0.6 is 0 Å². The standard InChI is InChI=1S/C19H23NO/c1-21-19-11-10-17-12-18(9-5-8-16(17)13-19)20-14-15-6-3-2-4-7-15/h2-4,6-7,10-11,13,18,20H,5,8-9,12,14H2,1H3. The van der Waals surface area contributed by atoms with Crippen molar-refractivity contribution in [3.8, 4) is 5.75 Å². The van der Waals surface area contributed by atoms with Gasteiger partial charge in [0.1, 0.15) is 5.75 Å². The van der Waals surface area contributed by atoms with Crippen LogP contribution in [-0.2, 0) is 19.4 Å². The quantitative estimate of drug-likeness (QED) is 0.862. The number of hydrogen-bond acceptors (Lipinski definition) is 2. The van der Waals surface area contributed by atoms with E-state index in [0.717, 1.165) is 25.1 Å². The lowest BCUT2D eigenvalue weighted by Crippen LogP contribution is -2.30. The lowest BCUT2D eigenvalue weighted by Gasteiger charge is -2.17. The summed E-state index contributed by atoms with van der Waals surface area (Å²) in [6.45, 7) is 0.955. The molecule has 3 rings (SSSR count). The molecule has 2 nitrogen and oxygen atoms in total. The van der Waals surface area contributed by atoms with Gasteiger partial charge in [-0.25, -0.2) is 0 Å². The fraction of sp³-hybridized carbons (Fsp3) is 0.368. The van der Waals surface area contributed by atoms with Crippen molar-refractivity contribution in [3.05, 3.63) is 65.2 Å². The van der Waals surface area contributed by atoms with E-state index in [4.69, 9.17) is 4.74 Å². The molecule has 1 aliphatic carbocycles. The van der Waals surface area contributed by atoms with Gasteiger partial charge >= 0.3 is 0 Å². The molecule has 0 aliphatic heterocycles. The van der Waals surface area contributed by atoms with Crippen molar-refractivity contribution in [2.24, 2.45) is 0 Å². The first-order valence-corrected chi connectivity index (χ1v) is 7.78. The molecule has 1 atom stereocenters. The van der Waals surface area contributed by atoms with Crippen molar-refractivity contribution in [2.75, 3.05) is 7.11 Å². The Morgan fingerprint density at radius 2 is 1.95 bits per heavy atom. The molecule has 1 unspecified atom stereocenters. The summed E-state index contributed by atoms with van der Waals surface area (Å²) in [5.41, 5.74) is 4.29. The molecular weight excluding hydrogens is 258 g/mol. The maximum Gasteiger partial charge on any atom is 0.119 e. The van der Waals surface area contributed by atoms with E-state index in [1.54, 1.807) is 7.11 Å². The minimum absolute atomic E-state index is 0.569. The van der Waals surface area contributed by atoms with Crippen molar-refractivity contribution in [3.63, 3.8) is 0 Å². The predicted molar refractivity (Wildman–Crippen MR) is 86.7 cm³/mol. The number of benzene rings is 2. The summed E-state index contributed by atoms with van der Waals surface area (Å²) in [5.74, 6) is 0.976. The number of rotatable bonds is 4. The normalized spacial score (nSPS) is 17.9. The van der Waals surface area contributed by atoms with Crippen LogP contribution < -0.4 is 10.1 Å². The molecule has 0 radical (unpaired) electrons. The number of fused-ring (bicyclic) bond motifs is 1. The van der Waals surface area contributed by atoms with Crippen LogP contribution in [0.5, 0.6) is 5.75 Å². The lowest BCUT2D eigenvalue weighted by molar-refractivity contribution is 0.414. The van der Waals surface area contributed by atoms with Gasteiger partial charge in [-0.3, -0.25) is 0 Å². The van der Waals surface area contributed by atoms with E-state index in [1.165, 1.54) is 29.5 Å². The number of nitrogens with one attached hydrogen (secondary N) is 1. The highest BCUT2D eigenvalue weighted by Crippen LogP contribution is 2.25. The Balaban J connectivity index is 1.65. The highest BCUT2D eigenvalue weighted by atomic mass is 16.5. The van der Waals surface area contributed by atoms with Crippen molar-refractivity contribution in [1.82, 2.24) is 5.32 Å². The van der Waals surface area contributed by atoms with E-state index in [1.807, 2.05) is 0 Å². The molecule has 0 aromatic heterocycles. The summed E-state index contributed by atoms with van der Waals surface area (Å²) in [4.78, 5) is 0. The van der Waals surface area contributed by atoms with Gasteiger partial charge in [-0.1, -0.05) is 36.4 Å². The minimum atomic E-state index is 0.569. The fourth-order valence-electron chi connectivity index (χ4n) is 3.10. The summed E-state index contributed by atoms with van der Waals surface area (Å²) >= 11 is 0. The first-order valence-electron chi connectivity index (χ1n) is 7.78. The van der Waals surface area contributed by atoms with Gasteiger partial charge in [0, 0.05) is 12.6 Å². The van der Waals surface area contributed by atoms with Crippen LogP contribution in [0.25, 0.3) is 0 Å². The Morgan fingerprint density at radius 3 is 2.76 bits per heavy atom. The monoisotopic (exact) mass is 281 g/mol. The summed E-state index contributed by atoms with van der Waals surface area (Å²) in [7, 11) is 1.74. The summed E-state index contributed by atoms with van der Waals surface area (Å²) < 4.78 is 5.34. The van der Waals surface area contributed by atoms with Crippen molar-refractivity contribution in [2.45, 2.75) is 38.3 Å². The molecule has 21 heavy (non-hydrogen) atoms. The van der Waals surface area contributed by atoms with Crippen LogP contribution in [0.2, 0.25) is 0 Å². The van der Waals surface area contributed by atoms with Crippen LogP contribution in [0.15, 0.2) is 48.5 Å². The maximum absolute atomic E-state index is 5.34. The van der Waals surface area contributed by atoms with Crippen LogP contribution in [0.3, 0.4) is 0 Å². The number of ether oxygens (including phenoxy) is 1. The Bertz CT molecular complexity index is 579. The van der Waals surface area contributed by atoms with E-state index < -0.39 is 0 Å². The second-order valence-corrected chi connectivity index (χ2v) is 5.79. The second kappa shape index (κ2) is 6.77. The molecule has 0 amide bonds. The predicted octanol–water partition coefficient (Wildman–Crippen LogP) is 3.73. The molecule has 0 saturated carbocycles. The number of aryl methyl sites for hydroxylation is 1. The third kappa shape index (κ3) is 3.64. The van der Waals surface area contributed by atoms with Crippen LogP contribution in [0, 0.1) is 0 Å². The Morgan fingerprint density at radius 1 is 1.10 bits per heavy atom. The highest BCUT2D eigenvalue weighted by Gasteiger charge is 2.16. The van der Waals surface area contributed by atoms with E-state index in [0.29, 0.717) is 6.04 Å². The van der Waals surface area contributed by atoms with Gasteiger partial charge in [0.2, 0.25) is 0 Å². The average Bonchev–Trinajstić information content (AvgIpc) is 2.75. The number of hydrogen-bond donors (Lipinski definition) is 1. The zero-order valence-corrected chi connectivity index (χ0v) is 12.6. The SMILES string of the molecule is COc1ccc2c(c1)CCCC(NCc1ccccc1)C2.